The fraction of sp³-hybridized carbons (Fsp3) is 0.481. The molecule has 2 aliphatic heterocycles. The zero-order chi connectivity index (χ0) is 25.7. The molecule has 2 aliphatic rings. The maximum absolute atomic E-state index is 13.1. The second-order valence-corrected chi connectivity index (χ2v) is 9.81. The Bertz CT molecular complexity index is 1080. The zero-order valence-electron chi connectivity index (χ0n) is 21.1. The second kappa shape index (κ2) is 11.5. The topological polar surface area (TPSA) is 99.0 Å². The van der Waals surface area contributed by atoms with Crippen molar-refractivity contribution in [3.63, 3.8) is 0 Å². The molecule has 0 bridgehead atoms. The Morgan fingerprint density at radius 3 is 2.31 bits per heavy atom. The molecule has 0 aliphatic carbocycles. The van der Waals surface area contributed by atoms with Crippen LogP contribution in [0.3, 0.4) is 0 Å². The summed E-state index contributed by atoms with van der Waals surface area (Å²) in [7, 11) is 0. The summed E-state index contributed by atoms with van der Waals surface area (Å²) in [5.74, 6) is 0.387. The number of nitrogens with one attached hydrogen (secondary N) is 1. The molecule has 192 valence electrons. The fourth-order valence-corrected chi connectivity index (χ4v) is 5.11. The van der Waals surface area contributed by atoms with Crippen molar-refractivity contribution in [1.82, 2.24) is 15.1 Å². The normalized spacial score (nSPS) is 18.1. The number of piperidine rings is 1. The number of benzene rings is 2. The number of piperazine rings is 1. The number of nitrogens with zero attached hydrogens (tertiary/aromatic N) is 4. The maximum atomic E-state index is 13.1. The van der Waals surface area contributed by atoms with Gasteiger partial charge < -0.3 is 15.1 Å². The Morgan fingerprint density at radius 1 is 1.03 bits per heavy atom. The van der Waals surface area contributed by atoms with Crippen LogP contribution in [0, 0.1) is 16.0 Å². The monoisotopic (exact) mass is 493 g/mol. The van der Waals surface area contributed by atoms with Gasteiger partial charge in [-0.2, -0.15) is 0 Å². The van der Waals surface area contributed by atoms with Crippen LogP contribution >= 0.6 is 0 Å². The second-order valence-electron chi connectivity index (χ2n) is 9.81. The van der Waals surface area contributed by atoms with Gasteiger partial charge in [-0.25, -0.2) is 0 Å². The van der Waals surface area contributed by atoms with Gasteiger partial charge in [0.15, 0.2) is 0 Å². The predicted molar refractivity (Wildman–Crippen MR) is 139 cm³/mol. The number of anilines is 1. The fourth-order valence-electron chi connectivity index (χ4n) is 5.11. The van der Waals surface area contributed by atoms with E-state index in [1.165, 1.54) is 13.0 Å². The molecule has 2 heterocycles. The molecule has 36 heavy (non-hydrogen) atoms. The number of likely N-dealkylation sites (tertiary alicyclic amines) is 1. The van der Waals surface area contributed by atoms with E-state index in [9.17, 15) is 19.7 Å². The van der Waals surface area contributed by atoms with Crippen molar-refractivity contribution >= 4 is 23.2 Å². The quantitative estimate of drug-likeness (QED) is 0.469. The smallest absolute Gasteiger partial charge is 0.293 e. The van der Waals surface area contributed by atoms with Gasteiger partial charge in [-0.05, 0) is 49.5 Å². The average molecular weight is 494 g/mol. The summed E-state index contributed by atoms with van der Waals surface area (Å²) in [5, 5.41) is 14.9. The Labute approximate surface area is 212 Å². The molecule has 2 fully saturated rings. The molecule has 1 unspecified atom stereocenters. The molecule has 4 rings (SSSR count). The Kier molecular flexibility index (Phi) is 8.20. The summed E-state index contributed by atoms with van der Waals surface area (Å²) in [4.78, 5) is 42.2. The van der Waals surface area contributed by atoms with E-state index in [2.05, 4.69) is 29.3 Å². The lowest BCUT2D eigenvalue weighted by Crippen LogP contribution is -2.48. The van der Waals surface area contributed by atoms with Crippen LogP contribution in [0.15, 0.2) is 48.5 Å². The third-order valence-electron chi connectivity index (χ3n) is 7.40. The summed E-state index contributed by atoms with van der Waals surface area (Å²) in [5.41, 5.74) is 1.80. The van der Waals surface area contributed by atoms with E-state index in [0.717, 1.165) is 31.5 Å². The number of carbonyl (C=O) groups is 2. The van der Waals surface area contributed by atoms with Crippen molar-refractivity contribution in [2.45, 2.75) is 32.7 Å². The number of nitro benzene ring substituents is 1. The highest BCUT2D eigenvalue weighted by atomic mass is 16.6. The summed E-state index contributed by atoms with van der Waals surface area (Å²) in [6.07, 6.45) is 2.26. The standard InChI is InChI=1S/C27H35N5O4/c1-20-10-12-30(13-11-20)26(22-6-4-3-5-7-22)19-28-27(34)23-8-9-24(25(18-23)32(35)36)31-16-14-29(15-17-31)21(2)33/h3-9,18,20,26H,10-17,19H2,1-2H3,(H,28,34). The molecule has 0 spiro atoms. The Balaban J connectivity index is 1.47. The number of amides is 2. The predicted octanol–water partition coefficient (Wildman–Crippen LogP) is 3.47. The highest BCUT2D eigenvalue weighted by Gasteiger charge is 2.28. The van der Waals surface area contributed by atoms with Crippen molar-refractivity contribution < 1.29 is 14.5 Å². The lowest BCUT2D eigenvalue weighted by Gasteiger charge is -2.37. The van der Waals surface area contributed by atoms with Crippen LogP contribution in [0.1, 0.15) is 48.7 Å². The zero-order valence-corrected chi connectivity index (χ0v) is 21.1. The van der Waals surface area contributed by atoms with E-state index < -0.39 is 4.92 Å². The van der Waals surface area contributed by atoms with Crippen molar-refractivity contribution in [3.8, 4) is 0 Å². The Hall–Kier alpha value is -3.46. The lowest BCUT2D eigenvalue weighted by molar-refractivity contribution is -0.384. The van der Waals surface area contributed by atoms with Gasteiger partial charge in [0, 0.05) is 51.3 Å². The van der Waals surface area contributed by atoms with E-state index in [0.29, 0.717) is 44.3 Å². The van der Waals surface area contributed by atoms with Crippen LogP contribution in [-0.4, -0.2) is 72.4 Å². The molecule has 2 amide bonds. The third kappa shape index (κ3) is 6.02. The molecular formula is C27H35N5O4. The first-order chi connectivity index (χ1) is 17.3. The summed E-state index contributed by atoms with van der Waals surface area (Å²) in [6, 6.07) is 14.9. The van der Waals surface area contributed by atoms with Crippen molar-refractivity contribution in [2.75, 3.05) is 50.7 Å². The molecular weight excluding hydrogens is 458 g/mol. The summed E-state index contributed by atoms with van der Waals surface area (Å²) in [6.45, 7) is 8.26. The van der Waals surface area contributed by atoms with E-state index in [1.807, 2.05) is 23.1 Å². The van der Waals surface area contributed by atoms with Gasteiger partial charge >= 0.3 is 0 Å². The Morgan fingerprint density at radius 2 is 1.69 bits per heavy atom. The van der Waals surface area contributed by atoms with Gasteiger partial charge in [0.05, 0.1) is 11.0 Å². The molecule has 1 N–H and O–H groups in total. The molecule has 0 radical (unpaired) electrons. The van der Waals surface area contributed by atoms with Crippen molar-refractivity contribution in [3.05, 3.63) is 69.8 Å². The minimum atomic E-state index is -0.439. The highest BCUT2D eigenvalue weighted by Crippen LogP contribution is 2.31. The van der Waals surface area contributed by atoms with Crippen LogP contribution in [0.2, 0.25) is 0 Å². The minimum Gasteiger partial charge on any atom is -0.362 e. The molecule has 9 nitrogen and oxygen atoms in total. The first-order valence-corrected chi connectivity index (χ1v) is 12.7. The first-order valence-electron chi connectivity index (χ1n) is 12.7. The number of carbonyl (C=O) groups excluding carboxylic acids is 2. The van der Waals surface area contributed by atoms with E-state index in [1.54, 1.807) is 17.0 Å². The molecule has 2 aromatic carbocycles. The van der Waals surface area contributed by atoms with Gasteiger partial charge in [0.25, 0.3) is 11.6 Å². The first kappa shape index (κ1) is 25.6. The van der Waals surface area contributed by atoms with E-state index >= 15 is 0 Å². The minimum absolute atomic E-state index is 0.00374. The lowest BCUT2D eigenvalue weighted by atomic mass is 9.95. The molecule has 2 saturated heterocycles. The maximum Gasteiger partial charge on any atom is 0.293 e. The van der Waals surface area contributed by atoms with Gasteiger partial charge in [0.2, 0.25) is 5.91 Å². The van der Waals surface area contributed by atoms with Crippen LogP contribution in [0.5, 0.6) is 0 Å². The molecule has 0 aromatic heterocycles. The number of hydrogen-bond donors (Lipinski definition) is 1. The van der Waals surface area contributed by atoms with Crippen LogP contribution < -0.4 is 10.2 Å². The van der Waals surface area contributed by atoms with Crippen LogP contribution in [-0.2, 0) is 4.79 Å². The van der Waals surface area contributed by atoms with Crippen LogP contribution in [0.25, 0.3) is 0 Å². The largest absolute Gasteiger partial charge is 0.362 e. The highest BCUT2D eigenvalue weighted by molar-refractivity contribution is 5.95. The molecule has 0 saturated carbocycles. The van der Waals surface area contributed by atoms with Crippen molar-refractivity contribution in [1.29, 1.82) is 0 Å². The van der Waals surface area contributed by atoms with Gasteiger partial charge in [-0.3, -0.25) is 24.6 Å². The number of rotatable bonds is 7. The number of hydrogen-bond acceptors (Lipinski definition) is 6. The molecule has 9 heteroatoms. The van der Waals surface area contributed by atoms with Crippen molar-refractivity contribution in [2.24, 2.45) is 5.92 Å². The SMILES string of the molecule is CC(=O)N1CCN(c2ccc(C(=O)NCC(c3ccccc3)N3CCC(C)CC3)cc2[N+](=O)[O-])CC1. The van der Waals surface area contributed by atoms with Gasteiger partial charge in [-0.1, -0.05) is 37.3 Å². The van der Waals surface area contributed by atoms with E-state index in [4.69, 9.17) is 0 Å². The van der Waals surface area contributed by atoms with Crippen LogP contribution in [0.4, 0.5) is 11.4 Å². The summed E-state index contributed by atoms with van der Waals surface area (Å²) < 4.78 is 0. The average Bonchev–Trinajstić information content (AvgIpc) is 2.90. The molecule has 2 aromatic rings. The summed E-state index contributed by atoms with van der Waals surface area (Å²) >= 11 is 0. The number of nitro groups is 1. The third-order valence-corrected chi connectivity index (χ3v) is 7.40. The molecule has 1 atom stereocenters. The van der Waals surface area contributed by atoms with E-state index in [-0.39, 0.29) is 29.1 Å². The van der Waals surface area contributed by atoms with Gasteiger partial charge in [0.1, 0.15) is 5.69 Å². The van der Waals surface area contributed by atoms with Gasteiger partial charge in [-0.15, -0.1) is 0 Å².